The van der Waals surface area contributed by atoms with Gasteiger partial charge in [-0.15, -0.1) is 0 Å². The fourth-order valence-electron chi connectivity index (χ4n) is 2.68. The van der Waals surface area contributed by atoms with Crippen molar-refractivity contribution < 1.29 is 49.0 Å². The monoisotopic (exact) mass is 384 g/mol. The van der Waals surface area contributed by atoms with Gasteiger partial charge in [0.25, 0.3) is 0 Å². The van der Waals surface area contributed by atoms with Crippen molar-refractivity contribution >= 4 is 16.9 Å². The topological polar surface area (TPSA) is 176 Å². The van der Waals surface area contributed by atoms with Gasteiger partial charge in [-0.2, -0.15) is 0 Å². The van der Waals surface area contributed by atoms with Crippen molar-refractivity contribution in [3.05, 3.63) is 28.6 Å². The summed E-state index contributed by atoms with van der Waals surface area (Å²) in [6, 6.07) is 3.87. The second-order valence-electron chi connectivity index (χ2n) is 5.78. The number of phenolic OH excluding ortho intramolecular Hbond substituents is 1. The van der Waals surface area contributed by atoms with Gasteiger partial charge in [0.1, 0.15) is 18.3 Å². The van der Waals surface area contributed by atoms with Crippen molar-refractivity contribution in [2.24, 2.45) is 0 Å². The molecular formula is C16H16O11. The Morgan fingerprint density at radius 2 is 1.85 bits per heavy atom. The summed E-state index contributed by atoms with van der Waals surface area (Å²) in [5, 5.41) is 49.3. The first-order valence-electron chi connectivity index (χ1n) is 7.67. The summed E-state index contributed by atoms with van der Waals surface area (Å²) in [4.78, 5) is 22.6. The average Bonchev–Trinajstić information content (AvgIpc) is 2.63. The Bertz CT molecular complexity index is 920. The molecule has 1 saturated heterocycles. The Morgan fingerprint density at radius 3 is 2.48 bits per heavy atom. The predicted molar refractivity (Wildman–Crippen MR) is 85.6 cm³/mol. The van der Waals surface area contributed by atoms with Gasteiger partial charge >= 0.3 is 11.6 Å². The molecule has 0 amide bonds. The van der Waals surface area contributed by atoms with Crippen LogP contribution < -0.4 is 15.1 Å². The van der Waals surface area contributed by atoms with Gasteiger partial charge in [0.05, 0.1) is 7.11 Å². The van der Waals surface area contributed by atoms with Crippen molar-refractivity contribution in [1.29, 1.82) is 0 Å². The van der Waals surface area contributed by atoms with Crippen LogP contribution in [-0.4, -0.2) is 69.3 Å². The number of aliphatic carboxylic acids is 1. The fraction of sp³-hybridized carbons (Fsp3) is 0.375. The van der Waals surface area contributed by atoms with E-state index in [0.29, 0.717) is 5.39 Å². The molecule has 5 N–H and O–H groups in total. The van der Waals surface area contributed by atoms with E-state index in [1.807, 2.05) is 0 Å². The van der Waals surface area contributed by atoms with Gasteiger partial charge in [0.15, 0.2) is 17.4 Å². The lowest BCUT2D eigenvalue weighted by Gasteiger charge is -2.38. The van der Waals surface area contributed by atoms with Crippen molar-refractivity contribution in [3.8, 4) is 17.2 Å². The number of fused-ring (bicyclic) bond motifs is 1. The highest BCUT2D eigenvalue weighted by molar-refractivity contribution is 5.87. The van der Waals surface area contributed by atoms with Gasteiger partial charge in [-0.1, -0.05) is 0 Å². The Morgan fingerprint density at radius 1 is 1.15 bits per heavy atom. The summed E-state index contributed by atoms with van der Waals surface area (Å²) in [7, 11) is 1.25. The third-order valence-corrected chi connectivity index (χ3v) is 4.07. The maximum atomic E-state index is 11.4. The Hall–Kier alpha value is -2.86. The molecule has 0 saturated carbocycles. The second-order valence-corrected chi connectivity index (χ2v) is 5.78. The summed E-state index contributed by atoms with van der Waals surface area (Å²) in [6.45, 7) is 0. The van der Waals surface area contributed by atoms with Crippen LogP contribution in [0, 0.1) is 0 Å². The second kappa shape index (κ2) is 7.04. The molecule has 27 heavy (non-hydrogen) atoms. The molecule has 0 radical (unpaired) electrons. The molecule has 1 aliphatic rings. The molecule has 1 aromatic carbocycles. The van der Waals surface area contributed by atoms with Gasteiger partial charge < -0.3 is 44.2 Å². The number of aliphatic hydroxyl groups excluding tert-OH is 3. The molecule has 1 aliphatic heterocycles. The Balaban J connectivity index is 2.03. The van der Waals surface area contributed by atoms with Crippen LogP contribution >= 0.6 is 0 Å². The van der Waals surface area contributed by atoms with Crippen molar-refractivity contribution in [1.82, 2.24) is 0 Å². The maximum absolute atomic E-state index is 11.4. The number of carbonyl (C=O) groups is 1. The highest BCUT2D eigenvalue weighted by Crippen LogP contribution is 2.43. The standard InChI is InChI=1S/C16H16O11/c1-24-6-4-5-2-3-7(17)25-12(5)11(21)13(6)26-16-10(20)8(18)9(19)14(27-16)15(22)23/h2-4,8-10,14,16,18-21H,1H3,(H,22,23)/t8-,9-,10+,14-,16-/m1/s1. The normalized spacial score (nSPS) is 28.1. The summed E-state index contributed by atoms with van der Waals surface area (Å²) in [6.07, 6.45) is -9.31. The molecule has 2 heterocycles. The van der Waals surface area contributed by atoms with E-state index in [-0.39, 0.29) is 11.3 Å². The minimum Gasteiger partial charge on any atom is -0.502 e. The van der Waals surface area contributed by atoms with Gasteiger partial charge in [-0.05, 0) is 12.1 Å². The average molecular weight is 384 g/mol. The van der Waals surface area contributed by atoms with E-state index in [9.17, 15) is 30.0 Å². The zero-order valence-electron chi connectivity index (χ0n) is 13.8. The van der Waals surface area contributed by atoms with Crippen molar-refractivity contribution in [2.45, 2.75) is 30.7 Å². The largest absolute Gasteiger partial charge is 0.502 e. The number of carboxylic acids is 1. The van der Waals surface area contributed by atoms with Gasteiger partial charge in [-0.3, -0.25) is 0 Å². The minimum absolute atomic E-state index is 0.0443. The molecular weight excluding hydrogens is 368 g/mol. The molecule has 3 rings (SSSR count). The van der Waals surface area contributed by atoms with E-state index < -0.39 is 53.8 Å². The van der Waals surface area contributed by atoms with E-state index in [4.69, 9.17) is 23.7 Å². The lowest BCUT2D eigenvalue weighted by atomic mass is 9.99. The quantitative estimate of drug-likeness (QED) is 0.399. The molecule has 5 atom stereocenters. The molecule has 1 aromatic heterocycles. The van der Waals surface area contributed by atoms with Gasteiger partial charge in [0.2, 0.25) is 17.8 Å². The highest BCUT2D eigenvalue weighted by atomic mass is 16.7. The number of phenols is 1. The molecule has 0 aliphatic carbocycles. The summed E-state index contributed by atoms with van der Waals surface area (Å²) >= 11 is 0. The molecule has 11 heteroatoms. The Labute approximate surface area is 150 Å². The van der Waals surface area contributed by atoms with Crippen LogP contribution in [0.3, 0.4) is 0 Å². The first-order valence-corrected chi connectivity index (χ1v) is 7.67. The molecule has 2 aromatic rings. The van der Waals surface area contributed by atoms with Crippen LogP contribution in [0.5, 0.6) is 17.2 Å². The van der Waals surface area contributed by atoms with Crippen LogP contribution in [0.25, 0.3) is 11.0 Å². The molecule has 0 spiro atoms. The van der Waals surface area contributed by atoms with Crippen molar-refractivity contribution in [3.63, 3.8) is 0 Å². The third-order valence-electron chi connectivity index (χ3n) is 4.07. The number of ether oxygens (including phenoxy) is 3. The van der Waals surface area contributed by atoms with Gasteiger partial charge in [-0.25, -0.2) is 9.59 Å². The first kappa shape index (κ1) is 18.9. The molecule has 146 valence electrons. The first-order chi connectivity index (χ1) is 12.7. The molecule has 0 bridgehead atoms. The van der Waals surface area contributed by atoms with E-state index >= 15 is 0 Å². The minimum atomic E-state index is -1.90. The number of rotatable bonds is 4. The van der Waals surface area contributed by atoms with E-state index in [1.54, 1.807) is 0 Å². The predicted octanol–water partition coefficient (Wildman–Crippen LogP) is -1.22. The fourth-order valence-corrected chi connectivity index (χ4v) is 2.68. The van der Waals surface area contributed by atoms with E-state index in [2.05, 4.69) is 0 Å². The number of carboxylic acid groups (broad SMARTS) is 1. The van der Waals surface area contributed by atoms with E-state index in [1.165, 1.54) is 19.2 Å². The molecule has 1 fully saturated rings. The summed E-state index contributed by atoms with van der Waals surface area (Å²) in [5.41, 5.74) is -0.980. The summed E-state index contributed by atoms with van der Waals surface area (Å²) in [5.74, 6) is -2.72. The number of benzene rings is 1. The molecule has 11 nitrogen and oxygen atoms in total. The van der Waals surface area contributed by atoms with Crippen LogP contribution in [0.2, 0.25) is 0 Å². The number of methoxy groups -OCH3 is 1. The highest BCUT2D eigenvalue weighted by Gasteiger charge is 2.48. The number of hydrogen-bond acceptors (Lipinski definition) is 10. The lowest BCUT2D eigenvalue weighted by molar-refractivity contribution is -0.271. The lowest BCUT2D eigenvalue weighted by Crippen LogP contribution is -2.61. The van der Waals surface area contributed by atoms with Crippen LogP contribution in [0.1, 0.15) is 0 Å². The number of hydrogen-bond donors (Lipinski definition) is 5. The van der Waals surface area contributed by atoms with Crippen molar-refractivity contribution in [2.75, 3.05) is 7.11 Å². The number of aliphatic hydroxyl groups is 3. The van der Waals surface area contributed by atoms with Crippen LogP contribution in [0.15, 0.2) is 27.4 Å². The van der Waals surface area contributed by atoms with Gasteiger partial charge in [0, 0.05) is 11.5 Å². The smallest absolute Gasteiger partial charge is 0.336 e. The number of aromatic hydroxyl groups is 1. The molecule has 0 unspecified atom stereocenters. The maximum Gasteiger partial charge on any atom is 0.336 e. The zero-order valence-corrected chi connectivity index (χ0v) is 13.8. The third kappa shape index (κ3) is 3.28. The van der Waals surface area contributed by atoms with E-state index in [0.717, 1.165) is 6.07 Å². The Kier molecular flexibility index (Phi) is 4.93. The SMILES string of the molecule is COc1cc2ccc(=O)oc2c(O)c1O[C@@H]1O[C@@H](C(=O)O)[C@H](O)[C@@H](O)[C@@H]1O. The summed E-state index contributed by atoms with van der Waals surface area (Å²) < 4.78 is 20.3. The van der Waals surface area contributed by atoms with Crippen LogP contribution in [-0.2, 0) is 9.53 Å². The zero-order chi connectivity index (χ0) is 19.9. The van der Waals surface area contributed by atoms with Crippen LogP contribution in [0.4, 0.5) is 0 Å².